The number of ether oxygens (including phenoxy) is 1. The summed E-state index contributed by atoms with van der Waals surface area (Å²) >= 11 is 4.69. The minimum Gasteiger partial charge on any atom is -0.435 e. The fraction of sp³-hybridized carbons (Fsp3) is 0.0667. The predicted octanol–water partition coefficient (Wildman–Crippen LogP) is 4.95. The van der Waals surface area contributed by atoms with Crippen molar-refractivity contribution in [2.45, 2.75) is 0 Å². The van der Waals surface area contributed by atoms with Crippen LogP contribution in [-0.2, 0) is 0 Å². The number of benzene rings is 1. The SMILES string of the molecule is CSC(=N)c1ccnc(Oc2c(F)cc3[nH]ccc3c2Br)c1. The van der Waals surface area contributed by atoms with Crippen LogP contribution in [0.15, 0.2) is 41.1 Å². The molecule has 0 aliphatic heterocycles. The second-order valence-electron chi connectivity index (χ2n) is 4.46. The van der Waals surface area contributed by atoms with Gasteiger partial charge in [0.2, 0.25) is 5.88 Å². The van der Waals surface area contributed by atoms with Crippen LogP contribution in [0.5, 0.6) is 11.6 Å². The van der Waals surface area contributed by atoms with Crippen molar-refractivity contribution in [2.75, 3.05) is 6.26 Å². The Morgan fingerprint density at radius 2 is 2.23 bits per heavy atom. The Bertz CT molecular complexity index is 865. The first-order chi connectivity index (χ1) is 10.6. The molecule has 1 aromatic carbocycles. The number of pyridine rings is 1. The highest BCUT2D eigenvalue weighted by atomic mass is 79.9. The first-order valence-electron chi connectivity index (χ1n) is 6.32. The number of nitrogens with zero attached hydrogens (tertiary/aromatic N) is 1. The van der Waals surface area contributed by atoms with Gasteiger partial charge in [0.1, 0.15) is 0 Å². The Hall–Kier alpha value is -1.86. The van der Waals surface area contributed by atoms with Crippen LogP contribution in [0.25, 0.3) is 10.9 Å². The van der Waals surface area contributed by atoms with Gasteiger partial charge in [-0.2, -0.15) is 0 Å². The van der Waals surface area contributed by atoms with E-state index in [0.29, 0.717) is 20.6 Å². The van der Waals surface area contributed by atoms with Crippen LogP contribution < -0.4 is 4.74 Å². The van der Waals surface area contributed by atoms with Gasteiger partial charge in [0.05, 0.1) is 9.52 Å². The zero-order valence-electron chi connectivity index (χ0n) is 11.5. The van der Waals surface area contributed by atoms with Crippen molar-refractivity contribution in [3.8, 4) is 11.6 Å². The molecule has 0 fully saturated rings. The Labute approximate surface area is 138 Å². The van der Waals surface area contributed by atoms with Crippen LogP contribution in [0, 0.1) is 11.2 Å². The maximum Gasteiger partial charge on any atom is 0.220 e. The molecule has 0 amide bonds. The Kier molecular flexibility index (Phi) is 4.17. The molecule has 2 heterocycles. The quantitative estimate of drug-likeness (QED) is 0.500. The summed E-state index contributed by atoms with van der Waals surface area (Å²) < 4.78 is 20.3. The molecule has 112 valence electrons. The lowest BCUT2D eigenvalue weighted by atomic mass is 10.2. The number of halogens is 2. The first kappa shape index (κ1) is 15.1. The van der Waals surface area contributed by atoms with Gasteiger partial charge in [-0.15, -0.1) is 11.8 Å². The summed E-state index contributed by atoms with van der Waals surface area (Å²) in [4.78, 5) is 7.03. The van der Waals surface area contributed by atoms with Gasteiger partial charge in [0.25, 0.3) is 0 Å². The molecule has 3 rings (SSSR count). The van der Waals surface area contributed by atoms with Crippen molar-refractivity contribution in [3.05, 3.63) is 52.5 Å². The molecular formula is C15H11BrFN3OS. The zero-order valence-corrected chi connectivity index (χ0v) is 13.9. The van der Waals surface area contributed by atoms with Gasteiger partial charge in [-0.25, -0.2) is 9.37 Å². The van der Waals surface area contributed by atoms with Crippen LogP contribution in [0.4, 0.5) is 4.39 Å². The van der Waals surface area contributed by atoms with Gasteiger partial charge in [-0.05, 0) is 34.3 Å². The maximum absolute atomic E-state index is 14.2. The third-order valence-corrected chi connectivity index (χ3v) is 4.54. The summed E-state index contributed by atoms with van der Waals surface area (Å²) in [6, 6.07) is 6.54. The van der Waals surface area contributed by atoms with Crippen LogP contribution in [-0.4, -0.2) is 21.3 Å². The van der Waals surface area contributed by atoms with E-state index in [1.54, 1.807) is 18.3 Å². The number of fused-ring (bicyclic) bond motifs is 1. The standard InChI is InChI=1S/C15H11BrFN3OS/c1-22-15(18)8-2-4-20-12(6-8)21-14-10(17)7-11-9(13(14)16)3-5-19-11/h2-7,18-19H,1H3. The lowest BCUT2D eigenvalue weighted by molar-refractivity contribution is 0.426. The molecular weight excluding hydrogens is 369 g/mol. The summed E-state index contributed by atoms with van der Waals surface area (Å²) in [5.41, 5.74) is 1.36. The number of H-pyrrole nitrogens is 1. The van der Waals surface area contributed by atoms with Gasteiger partial charge in [0, 0.05) is 41.0 Å². The van der Waals surface area contributed by atoms with Gasteiger partial charge in [-0.3, -0.25) is 5.41 Å². The molecule has 0 unspecified atom stereocenters. The van der Waals surface area contributed by atoms with Gasteiger partial charge in [0.15, 0.2) is 11.6 Å². The fourth-order valence-electron chi connectivity index (χ4n) is 2.04. The van der Waals surface area contributed by atoms with Crippen molar-refractivity contribution in [2.24, 2.45) is 0 Å². The molecule has 7 heteroatoms. The lowest BCUT2D eigenvalue weighted by Crippen LogP contribution is -1.97. The van der Waals surface area contributed by atoms with Crippen LogP contribution in [0.3, 0.4) is 0 Å². The first-order valence-corrected chi connectivity index (χ1v) is 8.34. The van der Waals surface area contributed by atoms with E-state index in [1.165, 1.54) is 24.0 Å². The molecule has 4 nitrogen and oxygen atoms in total. The molecule has 0 saturated heterocycles. The fourth-order valence-corrected chi connectivity index (χ4v) is 3.01. The molecule has 2 N–H and O–H groups in total. The van der Waals surface area contributed by atoms with Crippen molar-refractivity contribution >= 4 is 43.6 Å². The predicted molar refractivity (Wildman–Crippen MR) is 90.6 cm³/mol. The smallest absolute Gasteiger partial charge is 0.220 e. The minimum atomic E-state index is -0.492. The molecule has 0 radical (unpaired) electrons. The minimum absolute atomic E-state index is 0.0763. The summed E-state index contributed by atoms with van der Waals surface area (Å²) in [6.45, 7) is 0. The molecule has 0 saturated carbocycles. The largest absolute Gasteiger partial charge is 0.435 e. The number of thioether (sulfide) groups is 1. The lowest BCUT2D eigenvalue weighted by Gasteiger charge is -2.10. The number of rotatable bonds is 3. The summed E-state index contributed by atoms with van der Waals surface area (Å²) in [7, 11) is 0. The molecule has 0 atom stereocenters. The highest BCUT2D eigenvalue weighted by molar-refractivity contribution is 9.10. The summed E-state index contributed by atoms with van der Waals surface area (Å²) in [5, 5.41) is 9.04. The second-order valence-corrected chi connectivity index (χ2v) is 6.07. The second kappa shape index (κ2) is 6.10. The topological polar surface area (TPSA) is 61.8 Å². The number of aromatic nitrogens is 2. The number of hydrogen-bond donors (Lipinski definition) is 2. The van der Waals surface area contributed by atoms with E-state index >= 15 is 0 Å². The van der Waals surface area contributed by atoms with Crippen LogP contribution in [0.1, 0.15) is 5.56 Å². The highest BCUT2D eigenvalue weighted by Crippen LogP contribution is 2.37. The van der Waals surface area contributed by atoms with Gasteiger partial charge >= 0.3 is 0 Å². The van der Waals surface area contributed by atoms with E-state index < -0.39 is 5.82 Å². The van der Waals surface area contributed by atoms with Crippen molar-refractivity contribution in [1.82, 2.24) is 9.97 Å². The average Bonchev–Trinajstić information content (AvgIpc) is 2.99. The van der Waals surface area contributed by atoms with E-state index in [1.807, 2.05) is 12.3 Å². The van der Waals surface area contributed by atoms with Gasteiger partial charge < -0.3 is 9.72 Å². The molecule has 0 aliphatic rings. The van der Waals surface area contributed by atoms with E-state index in [4.69, 9.17) is 10.1 Å². The average molecular weight is 380 g/mol. The normalized spacial score (nSPS) is 10.9. The Morgan fingerprint density at radius 3 is 3.00 bits per heavy atom. The Morgan fingerprint density at radius 1 is 1.41 bits per heavy atom. The van der Waals surface area contributed by atoms with E-state index in [-0.39, 0.29) is 11.6 Å². The highest BCUT2D eigenvalue weighted by Gasteiger charge is 2.15. The molecule has 0 bridgehead atoms. The van der Waals surface area contributed by atoms with E-state index in [0.717, 1.165) is 5.39 Å². The third kappa shape index (κ3) is 2.74. The number of aromatic amines is 1. The van der Waals surface area contributed by atoms with Gasteiger partial charge in [-0.1, -0.05) is 0 Å². The summed E-state index contributed by atoms with van der Waals surface area (Å²) in [6.07, 6.45) is 5.09. The summed E-state index contributed by atoms with van der Waals surface area (Å²) in [5.74, 6) is -0.174. The molecule has 0 spiro atoms. The van der Waals surface area contributed by atoms with E-state index in [2.05, 4.69) is 25.9 Å². The number of nitrogens with one attached hydrogen (secondary N) is 2. The van der Waals surface area contributed by atoms with Crippen LogP contribution in [0.2, 0.25) is 0 Å². The van der Waals surface area contributed by atoms with Crippen molar-refractivity contribution in [1.29, 1.82) is 5.41 Å². The molecule has 3 aromatic rings. The monoisotopic (exact) mass is 379 g/mol. The van der Waals surface area contributed by atoms with Crippen LogP contribution >= 0.6 is 27.7 Å². The molecule has 22 heavy (non-hydrogen) atoms. The van der Waals surface area contributed by atoms with Crippen molar-refractivity contribution < 1.29 is 9.13 Å². The zero-order chi connectivity index (χ0) is 15.7. The van der Waals surface area contributed by atoms with E-state index in [9.17, 15) is 4.39 Å². The Balaban J connectivity index is 2.01. The molecule has 2 aromatic heterocycles. The third-order valence-electron chi connectivity index (χ3n) is 3.11. The molecule has 0 aliphatic carbocycles. The van der Waals surface area contributed by atoms with Crippen molar-refractivity contribution in [3.63, 3.8) is 0 Å². The number of hydrogen-bond acceptors (Lipinski definition) is 4. The maximum atomic E-state index is 14.2.